The van der Waals surface area contributed by atoms with Gasteiger partial charge < -0.3 is 5.32 Å². The molecule has 3 aromatic rings. The quantitative estimate of drug-likeness (QED) is 0.629. The van der Waals surface area contributed by atoms with Crippen LogP contribution in [0.25, 0.3) is 11.3 Å². The Hall–Kier alpha value is -3.32. The normalized spacial score (nSPS) is 15.3. The fraction of sp³-hybridized carbons (Fsp3) is 0.136. The van der Waals surface area contributed by atoms with Crippen molar-refractivity contribution in [2.75, 3.05) is 16.8 Å². The van der Waals surface area contributed by atoms with E-state index in [2.05, 4.69) is 16.9 Å². The number of aromatic nitrogens is 1. The molecule has 0 radical (unpaired) electrons. The number of thiazole rings is 1. The number of rotatable bonds is 5. The number of fused-ring (bicyclic) bond motifs is 1. The Morgan fingerprint density at radius 1 is 1.31 bits per heavy atom. The maximum Gasteiger partial charge on any atom is 0.237 e. The first-order valence-corrected chi connectivity index (χ1v) is 9.97. The zero-order chi connectivity index (χ0) is 20.4. The number of amides is 2. The van der Waals surface area contributed by atoms with Crippen molar-refractivity contribution in [3.8, 4) is 11.3 Å². The van der Waals surface area contributed by atoms with Crippen LogP contribution in [0.3, 0.4) is 0 Å². The predicted molar refractivity (Wildman–Crippen MR) is 112 cm³/mol. The maximum absolute atomic E-state index is 13.6. The summed E-state index contributed by atoms with van der Waals surface area (Å²) in [6, 6.07) is 13.8. The van der Waals surface area contributed by atoms with Gasteiger partial charge in [-0.25, -0.2) is 9.37 Å². The molecule has 2 heterocycles. The highest BCUT2D eigenvalue weighted by Gasteiger charge is 2.34. The van der Waals surface area contributed by atoms with Crippen LogP contribution in [0.5, 0.6) is 0 Å². The third kappa shape index (κ3) is 3.82. The molecule has 0 fully saturated rings. The van der Waals surface area contributed by atoms with Crippen LogP contribution in [0.15, 0.2) is 66.6 Å². The summed E-state index contributed by atoms with van der Waals surface area (Å²) >= 11 is 1.35. The molecule has 1 N–H and O–H groups in total. The predicted octanol–water partition coefficient (Wildman–Crippen LogP) is 4.59. The lowest BCUT2D eigenvalue weighted by Gasteiger charge is -2.29. The Balaban J connectivity index is 1.68. The van der Waals surface area contributed by atoms with Gasteiger partial charge in [-0.15, -0.1) is 17.9 Å². The fourth-order valence-electron chi connectivity index (χ4n) is 3.37. The van der Waals surface area contributed by atoms with Gasteiger partial charge in [-0.1, -0.05) is 42.5 Å². The largest absolute Gasteiger partial charge is 0.326 e. The van der Waals surface area contributed by atoms with Crippen LogP contribution in [0, 0.1) is 5.82 Å². The molecule has 29 heavy (non-hydrogen) atoms. The Morgan fingerprint density at radius 2 is 2.10 bits per heavy atom. The molecule has 1 unspecified atom stereocenters. The summed E-state index contributed by atoms with van der Waals surface area (Å²) in [4.78, 5) is 31.7. The zero-order valence-electron chi connectivity index (χ0n) is 15.5. The third-order valence-electron chi connectivity index (χ3n) is 4.72. The van der Waals surface area contributed by atoms with Crippen molar-refractivity contribution in [1.82, 2.24) is 4.98 Å². The van der Waals surface area contributed by atoms with Crippen LogP contribution < -0.4 is 10.2 Å². The number of benzene rings is 2. The monoisotopic (exact) mass is 407 g/mol. The van der Waals surface area contributed by atoms with E-state index in [1.807, 2.05) is 35.7 Å². The minimum Gasteiger partial charge on any atom is -0.326 e. The van der Waals surface area contributed by atoms with Crippen molar-refractivity contribution in [3.63, 3.8) is 0 Å². The molecule has 0 bridgehead atoms. The molecule has 7 heteroatoms. The zero-order valence-corrected chi connectivity index (χ0v) is 16.3. The van der Waals surface area contributed by atoms with E-state index < -0.39 is 11.7 Å². The molecule has 2 amide bonds. The van der Waals surface area contributed by atoms with Crippen LogP contribution in [-0.4, -0.2) is 23.3 Å². The summed E-state index contributed by atoms with van der Waals surface area (Å²) in [5.41, 5.74) is 2.67. The fourth-order valence-corrected chi connectivity index (χ4v) is 4.22. The van der Waals surface area contributed by atoms with Gasteiger partial charge in [-0.2, -0.15) is 0 Å². The van der Waals surface area contributed by atoms with Crippen LogP contribution in [0.2, 0.25) is 0 Å². The molecular weight excluding hydrogens is 389 g/mol. The average Bonchev–Trinajstić information content (AvgIpc) is 3.21. The van der Waals surface area contributed by atoms with Gasteiger partial charge in [0.05, 0.1) is 11.6 Å². The molecule has 146 valence electrons. The smallest absolute Gasteiger partial charge is 0.237 e. The van der Waals surface area contributed by atoms with Gasteiger partial charge >= 0.3 is 0 Å². The van der Waals surface area contributed by atoms with Gasteiger partial charge in [0.1, 0.15) is 5.82 Å². The topological polar surface area (TPSA) is 62.3 Å². The number of carbonyl (C=O) groups is 2. The molecule has 4 rings (SSSR count). The van der Waals surface area contributed by atoms with Crippen molar-refractivity contribution in [3.05, 3.63) is 77.9 Å². The Bertz CT molecular complexity index is 1080. The lowest BCUT2D eigenvalue weighted by molar-refractivity contribution is -0.124. The van der Waals surface area contributed by atoms with E-state index in [0.717, 1.165) is 11.3 Å². The van der Waals surface area contributed by atoms with Crippen LogP contribution in [0.1, 0.15) is 17.9 Å². The molecule has 2 aromatic carbocycles. The molecule has 5 nitrogen and oxygen atoms in total. The summed E-state index contributed by atoms with van der Waals surface area (Å²) < 4.78 is 13.6. The first kappa shape index (κ1) is 19.0. The summed E-state index contributed by atoms with van der Waals surface area (Å²) in [6.07, 6.45) is 1.62. The summed E-state index contributed by atoms with van der Waals surface area (Å²) in [5.74, 6) is -1.75. The molecule has 0 aliphatic carbocycles. The number of halogens is 1. The van der Waals surface area contributed by atoms with Gasteiger partial charge in [-0.05, 0) is 17.7 Å². The van der Waals surface area contributed by atoms with Gasteiger partial charge in [0.2, 0.25) is 11.8 Å². The van der Waals surface area contributed by atoms with Gasteiger partial charge in [0.15, 0.2) is 5.13 Å². The van der Waals surface area contributed by atoms with Crippen molar-refractivity contribution in [1.29, 1.82) is 0 Å². The van der Waals surface area contributed by atoms with E-state index in [0.29, 0.717) is 16.4 Å². The number of hydrogen-bond donors (Lipinski definition) is 1. The van der Waals surface area contributed by atoms with Crippen LogP contribution in [-0.2, 0) is 9.59 Å². The summed E-state index contributed by atoms with van der Waals surface area (Å²) in [7, 11) is 0. The average molecular weight is 407 g/mol. The highest BCUT2D eigenvalue weighted by Crippen LogP contribution is 2.36. The molecule has 0 saturated carbocycles. The molecule has 1 aliphatic heterocycles. The van der Waals surface area contributed by atoms with E-state index in [-0.39, 0.29) is 24.8 Å². The van der Waals surface area contributed by atoms with E-state index >= 15 is 0 Å². The first-order valence-electron chi connectivity index (χ1n) is 9.09. The third-order valence-corrected chi connectivity index (χ3v) is 5.59. The highest BCUT2D eigenvalue weighted by molar-refractivity contribution is 7.14. The van der Waals surface area contributed by atoms with Gasteiger partial charge in [0.25, 0.3) is 0 Å². The van der Waals surface area contributed by atoms with Crippen molar-refractivity contribution >= 4 is 34.0 Å². The van der Waals surface area contributed by atoms with E-state index in [1.165, 1.54) is 28.4 Å². The van der Waals surface area contributed by atoms with E-state index in [4.69, 9.17) is 0 Å². The summed E-state index contributed by atoms with van der Waals surface area (Å²) in [5, 5.41) is 5.06. The maximum atomic E-state index is 13.6. The van der Waals surface area contributed by atoms with Crippen molar-refractivity contribution < 1.29 is 14.0 Å². The van der Waals surface area contributed by atoms with Gasteiger partial charge in [-0.3, -0.25) is 14.5 Å². The van der Waals surface area contributed by atoms with E-state index in [1.54, 1.807) is 12.1 Å². The molecule has 0 saturated heterocycles. The minimum atomic E-state index is -0.705. The number of anilines is 2. The van der Waals surface area contributed by atoms with Crippen LogP contribution >= 0.6 is 11.3 Å². The van der Waals surface area contributed by atoms with Gasteiger partial charge in [0, 0.05) is 29.6 Å². The standard InChI is InChI=1S/C22H18FN3O2S/c1-2-10-26(22-25-19(13-29-22)14-6-4-3-5-7-14)21(28)17-12-20(27)24-18-11-15(23)8-9-16(17)18/h2-9,11,13,17H,1,10,12H2,(H,24,27). The second-order valence-corrected chi connectivity index (χ2v) is 7.49. The van der Waals surface area contributed by atoms with Crippen LogP contribution in [0.4, 0.5) is 15.2 Å². The number of nitrogens with one attached hydrogen (secondary N) is 1. The SMILES string of the molecule is C=CCN(C(=O)C1CC(=O)Nc2cc(F)ccc21)c1nc(-c2ccccc2)cs1. The first-order chi connectivity index (χ1) is 14.1. The molecule has 1 aliphatic rings. The number of hydrogen-bond acceptors (Lipinski definition) is 4. The highest BCUT2D eigenvalue weighted by atomic mass is 32.1. The minimum absolute atomic E-state index is 0.00201. The van der Waals surface area contributed by atoms with Crippen molar-refractivity contribution in [2.45, 2.75) is 12.3 Å². The number of nitrogens with zero attached hydrogens (tertiary/aromatic N) is 2. The summed E-state index contributed by atoms with van der Waals surface area (Å²) in [6.45, 7) is 4.00. The number of carbonyl (C=O) groups excluding carboxylic acids is 2. The second-order valence-electron chi connectivity index (χ2n) is 6.66. The molecule has 0 spiro atoms. The molecule has 1 atom stereocenters. The van der Waals surface area contributed by atoms with Crippen molar-refractivity contribution in [2.24, 2.45) is 0 Å². The lowest BCUT2D eigenvalue weighted by atomic mass is 9.89. The molecule has 1 aromatic heterocycles. The second kappa shape index (κ2) is 7.97. The van der Waals surface area contributed by atoms with E-state index in [9.17, 15) is 14.0 Å². The Kier molecular flexibility index (Phi) is 5.22. The Labute approximate surface area is 171 Å². The lowest BCUT2D eigenvalue weighted by Crippen LogP contribution is -2.39. The molecular formula is C22H18FN3O2S. The Morgan fingerprint density at radius 3 is 2.86 bits per heavy atom.